The lowest BCUT2D eigenvalue weighted by molar-refractivity contribution is 0.00171. The van der Waals surface area contributed by atoms with Gasteiger partial charge in [-0.1, -0.05) is 24.3 Å². The van der Waals surface area contributed by atoms with Gasteiger partial charge in [-0.2, -0.15) is 0 Å². The van der Waals surface area contributed by atoms with Crippen LogP contribution in [0.1, 0.15) is 42.7 Å². The summed E-state index contributed by atoms with van der Waals surface area (Å²) in [5, 5.41) is 10.7. The van der Waals surface area contributed by atoms with E-state index in [9.17, 15) is 9.50 Å². The number of aliphatic hydroxyl groups is 1. The van der Waals surface area contributed by atoms with E-state index in [0.29, 0.717) is 24.3 Å². The smallest absolute Gasteiger partial charge is 0.155 e. The number of halogens is 2. The molecular weight excluding hydrogens is 436 g/mol. The molecule has 178 valence electrons. The Balaban J connectivity index is 1.53. The minimum absolute atomic E-state index is 0.0445. The van der Waals surface area contributed by atoms with Gasteiger partial charge in [-0.25, -0.2) is 13.8 Å². The second-order valence-corrected chi connectivity index (χ2v) is 9.82. The third-order valence-corrected chi connectivity index (χ3v) is 7.03. The van der Waals surface area contributed by atoms with Crippen molar-refractivity contribution < 1.29 is 18.6 Å². The zero-order chi connectivity index (χ0) is 24.1. The van der Waals surface area contributed by atoms with Crippen molar-refractivity contribution in [3.8, 4) is 11.3 Å². The van der Waals surface area contributed by atoms with Crippen LogP contribution in [0.5, 0.6) is 0 Å². The molecule has 2 unspecified atom stereocenters. The maximum atomic E-state index is 15.5. The Bertz CT molecular complexity index is 1180. The van der Waals surface area contributed by atoms with Crippen molar-refractivity contribution in [2.45, 2.75) is 50.6 Å². The zero-order valence-electron chi connectivity index (χ0n) is 19.4. The number of hydrogen-bond acceptors (Lipinski definition) is 5. The molecule has 34 heavy (non-hydrogen) atoms. The van der Waals surface area contributed by atoms with Gasteiger partial charge in [0.05, 0.1) is 17.9 Å². The van der Waals surface area contributed by atoms with Gasteiger partial charge in [0.2, 0.25) is 0 Å². The lowest BCUT2D eigenvalue weighted by atomic mass is 9.88. The van der Waals surface area contributed by atoms with Crippen molar-refractivity contribution in [2.75, 3.05) is 13.2 Å². The van der Waals surface area contributed by atoms with Crippen LogP contribution in [0.15, 0.2) is 54.6 Å². The number of nitrogens with zero attached hydrogens (tertiary/aromatic N) is 2. The van der Waals surface area contributed by atoms with E-state index in [2.05, 4.69) is 34.1 Å². The van der Waals surface area contributed by atoms with Crippen LogP contribution < -0.4 is 5.73 Å². The van der Waals surface area contributed by atoms with Crippen molar-refractivity contribution in [1.29, 1.82) is 0 Å². The van der Waals surface area contributed by atoms with E-state index in [1.807, 2.05) is 0 Å². The fourth-order valence-electron chi connectivity index (χ4n) is 5.04. The normalized spacial score (nSPS) is 22.8. The number of pyridine rings is 1. The first-order chi connectivity index (χ1) is 16.2. The minimum Gasteiger partial charge on any atom is -0.386 e. The molecule has 1 aromatic heterocycles. The fourth-order valence-corrected chi connectivity index (χ4v) is 5.04. The van der Waals surface area contributed by atoms with Crippen molar-refractivity contribution >= 4 is 0 Å². The predicted octanol–water partition coefficient (Wildman–Crippen LogP) is 4.21. The molecule has 5 rings (SSSR count). The van der Waals surface area contributed by atoms with Gasteiger partial charge in [-0.05, 0) is 55.3 Å². The molecule has 3 aromatic rings. The molecule has 3 N–H and O–H groups in total. The van der Waals surface area contributed by atoms with Crippen molar-refractivity contribution in [3.63, 3.8) is 0 Å². The molecule has 5 nitrogen and oxygen atoms in total. The lowest BCUT2D eigenvalue weighted by Gasteiger charge is -2.30. The SMILES string of the molecule is CC(C)(O)c1cc(C2(CN)CC(N3Cc4ccccc4C3)CO2)nc(-c2ccc(F)cc2)c1F. The summed E-state index contributed by atoms with van der Waals surface area (Å²) >= 11 is 0. The van der Waals surface area contributed by atoms with Gasteiger partial charge in [0.15, 0.2) is 5.82 Å². The first-order valence-electron chi connectivity index (χ1n) is 11.5. The van der Waals surface area contributed by atoms with Crippen molar-refractivity contribution in [1.82, 2.24) is 9.88 Å². The molecule has 2 atom stereocenters. The molecular formula is C27H29F2N3O2. The molecule has 1 saturated heterocycles. The summed E-state index contributed by atoms with van der Waals surface area (Å²) in [6.45, 7) is 5.39. The third-order valence-electron chi connectivity index (χ3n) is 7.03. The van der Waals surface area contributed by atoms with E-state index in [1.54, 1.807) is 6.07 Å². The Hall–Kier alpha value is -2.71. The molecule has 2 aliphatic rings. The van der Waals surface area contributed by atoms with Gasteiger partial charge < -0.3 is 15.6 Å². The number of aromatic nitrogens is 1. The monoisotopic (exact) mass is 465 g/mol. The van der Waals surface area contributed by atoms with E-state index in [0.717, 1.165) is 13.1 Å². The third kappa shape index (κ3) is 4.03. The zero-order valence-corrected chi connectivity index (χ0v) is 19.4. The first kappa shape index (κ1) is 23.1. The van der Waals surface area contributed by atoms with Crippen LogP contribution in [0.4, 0.5) is 8.78 Å². The van der Waals surface area contributed by atoms with Gasteiger partial charge in [0.25, 0.3) is 0 Å². The molecule has 0 spiro atoms. The van der Waals surface area contributed by atoms with E-state index >= 15 is 4.39 Å². The fraction of sp³-hybridized carbons (Fsp3) is 0.370. The highest BCUT2D eigenvalue weighted by Crippen LogP contribution is 2.41. The van der Waals surface area contributed by atoms with Gasteiger partial charge in [-0.15, -0.1) is 0 Å². The van der Waals surface area contributed by atoms with Crippen LogP contribution in [-0.2, 0) is 29.0 Å². The molecule has 2 aliphatic heterocycles. The molecule has 0 bridgehead atoms. The van der Waals surface area contributed by atoms with Gasteiger partial charge >= 0.3 is 0 Å². The van der Waals surface area contributed by atoms with Gasteiger partial charge in [0, 0.05) is 43.2 Å². The maximum absolute atomic E-state index is 15.5. The van der Waals surface area contributed by atoms with Crippen molar-refractivity contribution in [2.24, 2.45) is 5.73 Å². The molecule has 0 radical (unpaired) electrons. The summed E-state index contributed by atoms with van der Waals surface area (Å²) in [7, 11) is 0. The molecule has 0 aliphatic carbocycles. The van der Waals surface area contributed by atoms with E-state index < -0.39 is 22.8 Å². The highest BCUT2D eigenvalue weighted by Gasteiger charge is 2.46. The molecule has 1 fully saturated rings. The average Bonchev–Trinajstić information content (AvgIpc) is 3.44. The Kier molecular flexibility index (Phi) is 5.76. The minimum atomic E-state index is -1.46. The van der Waals surface area contributed by atoms with Gasteiger partial charge in [-0.3, -0.25) is 4.90 Å². The highest BCUT2D eigenvalue weighted by atomic mass is 19.1. The molecule has 0 amide bonds. The summed E-state index contributed by atoms with van der Waals surface area (Å²) in [5.74, 6) is -1.06. The molecule has 3 heterocycles. The molecule has 7 heteroatoms. The predicted molar refractivity (Wildman–Crippen MR) is 126 cm³/mol. The molecule has 2 aromatic carbocycles. The number of rotatable bonds is 5. The van der Waals surface area contributed by atoms with Crippen LogP contribution >= 0.6 is 0 Å². The lowest BCUT2D eigenvalue weighted by Crippen LogP contribution is -2.38. The number of hydrogen-bond donors (Lipinski definition) is 2. The summed E-state index contributed by atoms with van der Waals surface area (Å²) in [6.07, 6.45) is 0.601. The van der Waals surface area contributed by atoms with Crippen LogP contribution in [-0.4, -0.2) is 34.2 Å². The summed E-state index contributed by atoms with van der Waals surface area (Å²) in [4.78, 5) is 7.02. The summed E-state index contributed by atoms with van der Waals surface area (Å²) in [5.41, 5.74) is 7.57. The second-order valence-electron chi connectivity index (χ2n) is 9.82. The number of ether oxygens (including phenoxy) is 1. The number of benzene rings is 2. The van der Waals surface area contributed by atoms with Crippen LogP contribution in [0.25, 0.3) is 11.3 Å². The highest BCUT2D eigenvalue weighted by molar-refractivity contribution is 5.62. The second kappa shape index (κ2) is 8.50. The van der Waals surface area contributed by atoms with E-state index in [4.69, 9.17) is 10.5 Å². The van der Waals surface area contributed by atoms with Crippen LogP contribution in [0, 0.1) is 11.6 Å². The number of fused-ring (bicyclic) bond motifs is 1. The Morgan fingerprint density at radius 3 is 2.35 bits per heavy atom. The van der Waals surface area contributed by atoms with Crippen LogP contribution in [0.2, 0.25) is 0 Å². The van der Waals surface area contributed by atoms with E-state index in [1.165, 1.54) is 49.2 Å². The quantitative estimate of drug-likeness (QED) is 0.591. The number of nitrogens with two attached hydrogens (primary N) is 1. The van der Waals surface area contributed by atoms with Crippen molar-refractivity contribution in [3.05, 3.63) is 88.6 Å². The maximum Gasteiger partial charge on any atom is 0.155 e. The first-order valence-corrected chi connectivity index (χ1v) is 11.5. The Morgan fingerprint density at radius 2 is 1.76 bits per heavy atom. The van der Waals surface area contributed by atoms with E-state index in [-0.39, 0.29) is 23.8 Å². The summed E-state index contributed by atoms with van der Waals surface area (Å²) in [6, 6.07) is 15.6. The van der Waals surface area contributed by atoms with Gasteiger partial charge in [0.1, 0.15) is 17.1 Å². The van der Waals surface area contributed by atoms with Crippen LogP contribution in [0.3, 0.4) is 0 Å². The Morgan fingerprint density at radius 1 is 1.12 bits per heavy atom. The standard InChI is InChI=1S/C27H29F2N3O2/c1-26(2,33)22-11-23(31-25(24(22)29)17-7-9-20(28)10-8-17)27(16-30)12-21(15-34-27)32-13-18-5-3-4-6-19(18)14-32/h3-11,21,33H,12-16,30H2,1-2H3. The topological polar surface area (TPSA) is 71.6 Å². The summed E-state index contributed by atoms with van der Waals surface area (Å²) < 4.78 is 35.4. The molecule has 0 saturated carbocycles. The Labute approximate surface area is 198 Å². The average molecular weight is 466 g/mol. The largest absolute Gasteiger partial charge is 0.386 e.